The van der Waals surface area contributed by atoms with Crippen LogP contribution in [0.25, 0.3) is 6.08 Å². The van der Waals surface area contributed by atoms with Gasteiger partial charge in [0, 0.05) is 0 Å². The lowest BCUT2D eigenvalue weighted by molar-refractivity contribution is -0.190. The third-order valence-corrected chi connectivity index (χ3v) is 8.38. The highest BCUT2D eigenvalue weighted by atomic mass is 32.2. The van der Waals surface area contributed by atoms with Gasteiger partial charge in [0.05, 0.1) is 17.1 Å². The summed E-state index contributed by atoms with van der Waals surface area (Å²) < 4.78 is 61.7. The molecule has 4 rings (SSSR count). The van der Waals surface area contributed by atoms with Gasteiger partial charge in [0.15, 0.2) is 5.60 Å². The van der Waals surface area contributed by atoms with Crippen molar-refractivity contribution in [2.75, 3.05) is 6.61 Å². The number of hydrogen-bond acceptors (Lipinski definition) is 6. The van der Waals surface area contributed by atoms with Crippen LogP contribution in [0.5, 0.6) is 11.5 Å². The monoisotopic (exact) mass is 591 g/mol. The Morgan fingerprint density at radius 3 is 2.54 bits per heavy atom. The maximum absolute atomic E-state index is 14.3. The number of nitrogens with one attached hydrogen (secondary N) is 1. The van der Waals surface area contributed by atoms with E-state index in [1.54, 1.807) is 0 Å². The summed E-state index contributed by atoms with van der Waals surface area (Å²) in [4.78, 5) is 23.4. The van der Waals surface area contributed by atoms with Gasteiger partial charge in [-0.05, 0) is 105 Å². The van der Waals surface area contributed by atoms with Crippen LogP contribution in [0.15, 0.2) is 29.2 Å². The second kappa shape index (κ2) is 12.5. The average Bonchev–Trinajstić information content (AvgIpc) is 3.22. The molecule has 1 fully saturated rings. The fraction of sp³-hybridized carbons (Fsp3) is 0.484. The van der Waals surface area contributed by atoms with Crippen LogP contribution in [0.1, 0.15) is 79.3 Å². The zero-order valence-electron chi connectivity index (χ0n) is 24.0. The van der Waals surface area contributed by atoms with Crippen LogP contribution in [0.2, 0.25) is 0 Å². The van der Waals surface area contributed by atoms with E-state index in [0.717, 1.165) is 59.8 Å². The van der Waals surface area contributed by atoms with Crippen LogP contribution < -0.4 is 14.8 Å². The van der Waals surface area contributed by atoms with Crippen molar-refractivity contribution in [2.45, 2.75) is 91.2 Å². The average molecular weight is 592 g/mol. The van der Waals surface area contributed by atoms with Crippen molar-refractivity contribution in [3.63, 3.8) is 0 Å². The Kier molecular flexibility index (Phi) is 9.43. The fourth-order valence-corrected chi connectivity index (χ4v) is 5.76. The van der Waals surface area contributed by atoms with Crippen molar-refractivity contribution in [1.82, 2.24) is 5.32 Å². The number of unbranched alkanes of at least 4 members (excludes halogenated alkanes) is 3. The van der Waals surface area contributed by atoms with Crippen molar-refractivity contribution in [2.24, 2.45) is 0 Å². The first-order valence-corrected chi connectivity index (χ1v) is 14.7. The van der Waals surface area contributed by atoms with E-state index >= 15 is 0 Å². The smallest absolute Gasteiger partial charge is 0.419 e. The number of aryl methyl sites for hydroxylation is 2. The van der Waals surface area contributed by atoms with Gasteiger partial charge in [0.25, 0.3) is 11.1 Å². The van der Waals surface area contributed by atoms with Gasteiger partial charge >= 0.3 is 6.18 Å². The first-order valence-electron chi connectivity index (χ1n) is 13.9. The van der Waals surface area contributed by atoms with E-state index in [9.17, 15) is 22.8 Å². The zero-order chi connectivity index (χ0) is 29.9. The number of amides is 2. The first-order chi connectivity index (χ1) is 19.3. The molecule has 2 heterocycles. The number of rotatable bonds is 10. The number of imide groups is 1. The van der Waals surface area contributed by atoms with Crippen LogP contribution in [-0.2, 0) is 22.1 Å². The van der Waals surface area contributed by atoms with E-state index in [0.29, 0.717) is 31.2 Å². The lowest BCUT2D eigenvalue weighted by Gasteiger charge is -2.42. The lowest BCUT2D eigenvalue weighted by atomic mass is 9.87. The molecule has 2 atom stereocenters. The molecule has 0 spiro atoms. The van der Waals surface area contributed by atoms with Crippen molar-refractivity contribution < 1.29 is 37.0 Å². The minimum atomic E-state index is -4.75. The molecule has 0 aliphatic carbocycles. The van der Waals surface area contributed by atoms with Crippen LogP contribution in [0.4, 0.5) is 18.0 Å². The summed E-state index contributed by atoms with van der Waals surface area (Å²) >= 11 is 0.639. The maximum Gasteiger partial charge on any atom is 0.419 e. The second-order valence-corrected chi connectivity index (χ2v) is 11.9. The molecule has 0 saturated carbocycles. The largest absolute Gasteiger partial charge is 0.480 e. The van der Waals surface area contributed by atoms with Crippen LogP contribution in [0, 0.1) is 20.8 Å². The Morgan fingerprint density at radius 2 is 1.88 bits per heavy atom. The van der Waals surface area contributed by atoms with Crippen LogP contribution in [-0.4, -0.2) is 29.6 Å². The molecule has 0 aromatic heterocycles. The molecule has 1 N–H and O–H groups in total. The number of hydrogen-bond donors (Lipinski definition) is 1. The van der Waals surface area contributed by atoms with Gasteiger partial charge in [-0.3, -0.25) is 14.9 Å². The van der Waals surface area contributed by atoms with Crippen LogP contribution >= 0.6 is 11.8 Å². The molecule has 6 nitrogen and oxygen atoms in total. The van der Waals surface area contributed by atoms with E-state index in [4.69, 9.17) is 14.2 Å². The predicted molar refractivity (Wildman–Crippen MR) is 153 cm³/mol. The van der Waals surface area contributed by atoms with E-state index in [2.05, 4.69) is 18.3 Å². The number of ether oxygens (including phenoxy) is 3. The first kappa shape index (κ1) is 31.0. The molecule has 10 heteroatoms. The highest BCUT2D eigenvalue weighted by Crippen LogP contribution is 2.43. The van der Waals surface area contributed by atoms with E-state index in [-0.39, 0.29) is 10.5 Å². The SMILES string of the molecule is CCCCCCOC(Oc1ccc(/C=C2/SC(=O)NC2=O)cc1C(F)(F)F)C1(C)CCc2c(C)cc(C)c(C)c2O1. The zero-order valence-corrected chi connectivity index (χ0v) is 24.8. The molecule has 41 heavy (non-hydrogen) atoms. The molecule has 2 aromatic carbocycles. The normalized spacial score (nSPS) is 20.5. The van der Waals surface area contributed by atoms with Crippen molar-refractivity contribution in [3.05, 3.63) is 62.6 Å². The number of halogens is 3. The fourth-order valence-electron chi connectivity index (χ4n) is 5.08. The van der Waals surface area contributed by atoms with E-state index in [1.807, 2.05) is 27.7 Å². The van der Waals surface area contributed by atoms with E-state index < -0.39 is 40.5 Å². The highest BCUT2D eigenvalue weighted by molar-refractivity contribution is 8.18. The number of carbonyl (C=O) groups is 2. The van der Waals surface area contributed by atoms with Gasteiger partial charge in [-0.1, -0.05) is 38.3 Å². The minimum Gasteiger partial charge on any atom is -0.480 e. The second-order valence-electron chi connectivity index (χ2n) is 10.8. The molecule has 0 radical (unpaired) electrons. The van der Waals surface area contributed by atoms with Crippen molar-refractivity contribution >= 4 is 29.0 Å². The Bertz CT molecular complexity index is 1360. The van der Waals surface area contributed by atoms with Crippen molar-refractivity contribution in [1.29, 1.82) is 0 Å². The van der Waals surface area contributed by atoms with Gasteiger partial charge < -0.3 is 14.2 Å². The van der Waals surface area contributed by atoms with Crippen LogP contribution in [0.3, 0.4) is 0 Å². The maximum atomic E-state index is 14.3. The molecule has 2 aromatic rings. The summed E-state index contributed by atoms with van der Waals surface area (Å²) in [6.07, 6.45) is 0.317. The molecular formula is C31H36F3NO5S. The Balaban J connectivity index is 1.68. The molecule has 2 amide bonds. The number of benzene rings is 2. The molecule has 2 aliphatic rings. The summed E-state index contributed by atoms with van der Waals surface area (Å²) in [6.45, 7) is 10.3. The topological polar surface area (TPSA) is 73.9 Å². The van der Waals surface area contributed by atoms with Crippen molar-refractivity contribution in [3.8, 4) is 11.5 Å². The summed E-state index contributed by atoms with van der Waals surface area (Å²) in [6, 6.07) is 5.67. The molecule has 0 bridgehead atoms. The van der Waals surface area contributed by atoms with Gasteiger partial charge in [-0.15, -0.1) is 0 Å². The number of alkyl halides is 3. The number of carbonyl (C=O) groups excluding carboxylic acids is 2. The molecular weight excluding hydrogens is 555 g/mol. The number of fused-ring (bicyclic) bond motifs is 1. The minimum absolute atomic E-state index is 0.0211. The van der Waals surface area contributed by atoms with Gasteiger partial charge in [-0.25, -0.2) is 0 Å². The summed E-state index contributed by atoms with van der Waals surface area (Å²) in [7, 11) is 0. The summed E-state index contributed by atoms with van der Waals surface area (Å²) in [5, 5.41) is 1.53. The Labute approximate surface area is 243 Å². The molecule has 2 unspecified atom stereocenters. The number of thioether (sulfide) groups is 1. The summed E-state index contributed by atoms with van der Waals surface area (Å²) in [5.41, 5.74) is 2.32. The molecule has 2 aliphatic heterocycles. The van der Waals surface area contributed by atoms with Gasteiger partial charge in [0.2, 0.25) is 6.29 Å². The Morgan fingerprint density at radius 1 is 1.12 bits per heavy atom. The molecule has 222 valence electrons. The predicted octanol–water partition coefficient (Wildman–Crippen LogP) is 8.04. The Hall–Kier alpha value is -2.98. The third-order valence-electron chi connectivity index (χ3n) is 7.57. The third kappa shape index (κ3) is 7.09. The highest BCUT2D eigenvalue weighted by Gasteiger charge is 2.45. The molecule has 1 saturated heterocycles. The quantitative estimate of drug-likeness (QED) is 0.171. The van der Waals surface area contributed by atoms with Gasteiger partial charge in [-0.2, -0.15) is 13.2 Å². The van der Waals surface area contributed by atoms with Gasteiger partial charge in [0.1, 0.15) is 11.5 Å². The van der Waals surface area contributed by atoms with E-state index in [1.165, 1.54) is 18.2 Å². The standard InChI is InChI=1S/C31H36F3NO5S/c1-6-7-8-9-14-38-28(30(5)13-12-22-19(3)15-18(2)20(4)26(22)40-30)39-24-11-10-21(16-23(24)31(32,33)34)17-25-27(36)35-29(37)41-25/h10-11,15-17,28H,6-9,12-14H2,1-5H3,(H,35,36,37)/b25-17+. The lowest BCUT2D eigenvalue weighted by Crippen LogP contribution is -2.52. The summed E-state index contributed by atoms with van der Waals surface area (Å²) in [5.74, 6) is -0.307.